The Morgan fingerprint density at radius 2 is 0.576 bits per heavy atom. The fraction of sp³-hybridized carbons (Fsp3) is 0.538. The van der Waals surface area contributed by atoms with Gasteiger partial charge in [0.1, 0.15) is 23.0 Å². The molecule has 4 aromatic carbocycles. The Morgan fingerprint density at radius 3 is 0.814 bits per heavy atom. The highest BCUT2D eigenvalue weighted by Gasteiger charge is 2.28. The van der Waals surface area contributed by atoms with Crippen molar-refractivity contribution in [1.82, 2.24) is 0 Å². The lowest BCUT2D eigenvalue weighted by Gasteiger charge is -2.28. The molecule has 2 N–H and O–H groups in total. The molecule has 0 radical (unpaired) electrons. The average molecular weight is 855 g/mol. The molecule has 0 saturated heterocycles. The Balaban J connectivity index is 1.72. The first-order valence-corrected chi connectivity index (χ1v) is 25.1. The van der Waals surface area contributed by atoms with Crippen LogP contribution >= 0.6 is 35.3 Å². The van der Waals surface area contributed by atoms with Crippen LogP contribution in [0.2, 0.25) is 0 Å². The molecule has 0 amide bonds. The number of ether oxygens (including phenoxy) is 2. The summed E-state index contributed by atoms with van der Waals surface area (Å²) in [5.74, 6) is 8.66. The number of phenols is 2. The maximum Gasteiger partial charge on any atom is 0.126 e. The maximum atomic E-state index is 12.5. The molecule has 1 aliphatic heterocycles. The quantitative estimate of drug-likeness (QED) is 0.161. The lowest BCUT2D eigenvalue weighted by Crippen LogP contribution is -2.17. The van der Waals surface area contributed by atoms with Gasteiger partial charge in [0.25, 0.3) is 0 Å². The van der Waals surface area contributed by atoms with Crippen LogP contribution in [-0.2, 0) is 47.3 Å². The van der Waals surface area contributed by atoms with E-state index in [1.807, 2.05) is 35.3 Å². The SMILES string of the molecule is CC(C)(C)c1cc2c(O)c(c1)Cc1cc(C(C)(C)C)cc3c1OCCSCCSCCSCCOc1c(cc(C(C)(C)C)cc1Cc1cc(C(C)(C)C)cc(c1O)C3)C2. The van der Waals surface area contributed by atoms with Crippen LogP contribution in [0.5, 0.6) is 23.0 Å². The molecule has 59 heavy (non-hydrogen) atoms. The molecule has 0 spiro atoms. The van der Waals surface area contributed by atoms with Gasteiger partial charge in [0.05, 0.1) is 13.2 Å². The van der Waals surface area contributed by atoms with Crippen LogP contribution in [-0.4, -0.2) is 57.9 Å². The van der Waals surface area contributed by atoms with Gasteiger partial charge in [-0.2, -0.15) is 35.3 Å². The normalized spacial score (nSPS) is 16.5. The highest BCUT2D eigenvalue weighted by atomic mass is 32.2. The number of rotatable bonds is 0. The minimum Gasteiger partial charge on any atom is -0.507 e. The second kappa shape index (κ2) is 18.2. The van der Waals surface area contributed by atoms with Gasteiger partial charge >= 0.3 is 0 Å². The second-order valence-electron chi connectivity index (χ2n) is 20.8. The molecule has 10 bridgehead atoms. The van der Waals surface area contributed by atoms with E-state index in [4.69, 9.17) is 9.47 Å². The number of benzene rings is 4. The molecule has 6 rings (SSSR count). The molecular weight excluding hydrogens is 785 g/mol. The maximum absolute atomic E-state index is 12.5. The van der Waals surface area contributed by atoms with Crippen molar-refractivity contribution >= 4 is 35.3 Å². The third-order valence-corrected chi connectivity index (χ3v) is 15.1. The van der Waals surface area contributed by atoms with Crippen molar-refractivity contribution in [3.8, 4) is 23.0 Å². The molecule has 0 saturated carbocycles. The number of thioether (sulfide) groups is 3. The fourth-order valence-electron chi connectivity index (χ4n) is 7.96. The first-order chi connectivity index (χ1) is 27.6. The van der Waals surface area contributed by atoms with Crippen LogP contribution in [0.3, 0.4) is 0 Å². The minimum absolute atomic E-state index is 0.137. The van der Waals surface area contributed by atoms with E-state index in [1.165, 1.54) is 22.3 Å². The van der Waals surface area contributed by atoms with E-state index in [1.54, 1.807) is 0 Å². The Bertz CT molecular complexity index is 1880. The zero-order valence-electron chi connectivity index (χ0n) is 38.0. The standard InChI is InChI=1S/C52H70O4S3/c1-49(2,3)41-25-33-21-37-29-43(51(7,8)9)31-39-23-35-27-42(50(4,5)6)28-36(46(35)54)24-40-32-44(52(10,11)12)30-38(22-34(26-41)45(33)53)48(40)56-14-16-58-18-20-59-19-17-57-15-13-55-47(37)39/h25-32,53-54H,13-24H2,1-12H3. The van der Waals surface area contributed by atoms with Gasteiger partial charge in [0.15, 0.2) is 0 Å². The predicted octanol–water partition coefficient (Wildman–Crippen LogP) is 12.9. The van der Waals surface area contributed by atoms with Crippen LogP contribution < -0.4 is 9.47 Å². The Hall–Kier alpha value is -2.87. The molecule has 0 unspecified atom stereocenters. The van der Waals surface area contributed by atoms with E-state index in [0.717, 1.165) is 90.5 Å². The van der Waals surface area contributed by atoms with Gasteiger partial charge in [0.2, 0.25) is 0 Å². The molecular formula is C52H70O4S3. The summed E-state index contributed by atoms with van der Waals surface area (Å²) in [6, 6.07) is 18.1. The second-order valence-corrected chi connectivity index (χ2v) is 24.4. The molecule has 1 heterocycles. The molecule has 7 heteroatoms. The van der Waals surface area contributed by atoms with Crippen molar-refractivity contribution in [2.75, 3.05) is 47.7 Å². The Morgan fingerprint density at radius 1 is 0.356 bits per heavy atom. The summed E-state index contributed by atoms with van der Waals surface area (Å²) in [4.78, 5) is 0. The van der Waals surface area contributed by atoms with E-state index in [-0.39, 0.29) is 21.7 Å². The fourth-order valence-corrected chi connectivity index (χ4v) is 10.9. The average Bonchev–Trinajstić information content (AvgIpc) is 3.12. The zero-order valence-corrected chi connectivity index (χ0v) is 40.5. The summed E-state index contributed by atoms with van der Waals surface area (Å²) < 4.78 is 13.9. The number of aromatic hydroxyl groups is 2. The van der Waals surface area contributed by atoms with Gasteiger partial charge in [0, 0.05) is 60.2 Å². The van der Waals surface area contributed by atoms with E-state index < -0.39 is 0 Å². The van der Waals surface area contributed by atoms with Crippen LogP contribution in [0, 0.1) is 0 Å². The van der Waals surface area contributed by atoms with Crippen molar-refractivity contribution in [3.63, 3.8) is 0 Å². The van der Waals surface area contributed by atoms with E-state index in [0.29, 0.717) is 50.4 Å². The number of fused-ring (bicyclic) bond motifs is 2. The number of phenolic OH excluding ortho intramolecular Hbond substituents is 2. The molecule has 0 atom stereocenters. The van der Waals surface area contributed by atoms with Crippen molar-refractivity contribution in [1.29, 1.82) is 0 Å². The molecule has 4 aromatic rings. The van der Waals surface area contributed by atoms with Crippen LogP contribution in [0.25, 0.3) is 0 Å². The first kappa shape index (κ1) is 45.7. The van der Waals surface area contributed by atoms with Gasteiger partial charge in [-0.3, -0.25) is 0 Å². The minimum atomic E-state index is -0.143. The Labute approximate surface area is 369 Å². The van der Waals surface area contributed by atoms with E-state index >= 15 is 0 Å². The highest BCUT2D eigenvalue weighted by molar-refractivity contribution is 8.04. The van der Waals surface area contributed by atoms with E-state index in [2.05, 4.69) is 132 Å². The summed E-state index contributed by atoms with van der Waals surface area (Å²) >= 11 is 5.93. The van der Waals surface area contributed by atoms with Gasteiger partial charge in [-0.15, -0.1) is 0 Å². The summed E-state index contributed by atoms with van der Waals surface area (Å²) in [6.07, 6.45) is 2.08. The van der Waals surface area contributed by atoms with Crippen molar-refractivity contribution < 1.29 is 19.7 Å². The summed E-state index contributed by atoms with van der Waals surface area (Å²) in [5, 5.41) is 25.0. The summed E-state index contributed by atoms with van der Waals surface area (Å²) in [5.41, 5.74) is 12.2. The van der Waals surface area contributed by atoms with Crippen LogP contribution in [0.4, 0.5) is 0 Å². The number of hydrogen-bond donors (Lipinski definition) is 2. The lowest BCUT2D eigenvalue weighted by atomic mass is 9.79. The van der Waals surface area contributed by atoms with E-state index in [9.17, 15) is 10.2 Å². The van der Waals surface area contributed by atoms with Gasteiger partial charge < -0.3 is 19.7 Å². The first-order valence-electron chi connectivity index (χ1n) is 21.6. The summed E-state index contributed by atoms with van der Waals surface area (Å²) in [7, 11) is 0. The van der Waals surface area contributed by atoms with Crippen LogP contribution in [0.15, 0.2) is 48.5 Å². The lowest BCUT2D eigenvalue weighted by molar-refractivity contribution is 0.336. The van der Waals surface area contributed by atoms with Gasteiger partial charge in [-0.05, 0) is 88.4 Å². The predicted molar refractivity (Wildman–Crippen MR) is 258 cm³/mol. The highest BCUT2D eigenvalue weighted by Crippen LogP contribution is 2.44. The van der Waals surface area contributed by atoms with Crippen LogP contribution in [0.1, 0.15) is 150 Å². The molecule has 0 fully saturated rings. The van der Waals surface area contributed by atoms with Crippen molar-refractivity contribution in [3.05, 3.63) is 115 Å². The third-order valence-electron chi connectivity index (χ3n) is 11.7. The summed E-state index contributed by atoms with van der Waals surface area (Å²) in [6.45, 7) is 28.3. The molecule has 4 nitrogen and oxygen atoms in total. The Kier molecular flexibility index (Phi) is 14.1. The third kappa shape index (κ3) is 11.3. The van der Waals surface area contributed by atoms with Gasteiger partial charge in [-0.1, -0.05) is 132 Å². The molecule has 1 aliphatic carbocycles. The van der Waals surface area contributed by atoms with Gasteiger partial charge in [-0.25, -0.2) is 0 Å². The molecule has 2 aliphatic rings. The zero-order chi connectivity index (χ0) is 42.9. The largest absolute Gasteiger partial charge is 0.507 e. The van der Waals surface area contributed by atoms with Crippen molar-refractivity contribution in [2.45, 2.75) is 130 Å². The molecule has 320 valence electrons. The monoisotopic (exact) mass is 854 g/mol. The smallest absolute Gasteiger partial charge is 0.126 e. The molecule has 0 aromatic heterocycles. The van der Waals surface area contributed by atoms with Crippen molar-refractivity contribution in [2.24, 2.45) is 0 Å². The number of hydrogen-bond acceptors (Lipinski definition) is 7. The topological polar surface area (TPSA) is 58.9 Å².